The van der Waals surface area contributed by atoms with Gasteiger partial charge in [0.1, 0.15) is 6.17 Å². The van der Waals surface area contributed by atoms with E-state index in [1.54, 1.807) is 29.3 Å². The molecule has 36 heavy (non-hydrogen) atoms. The van der Waals surface area contributed by atoms with Crippen LogP contribution in [0, 0.1) is 0 Å². The number of hydrogen-bond donors (Lipinski definition) is 3. The molecule has 1 aliphatic heterocycles. The lowest BCUT2D eigenvalue weighted by molar-refractivity contribution is -0.0286. The van der Waals surface area contributed by atoms with Gasteiger partial charge in [0.25, 0.3) is 5.91 Å². The van der Waals surface area contributed by atoms with Crippen molar-refractivity contribution in [3.63, 3.8) is 0 Å². The highest BCUT2D eigenvalue weighted by Gasteiger charge is 2.27. The van der Waals surface area contributed by atoms with Gasteiger partial charge in [-0.3, -0.25) is 14.5 Å². The fourth-order valence-electron chi connectivity index (χ4n) is 3.58. The molecule has 5 heterocycles. The number of halogens is 2. The van der Waals surface area contributed by atoms with E-state index in [1.807, 2.05) is 6.20 Å². The van der Waals surface area contributed by atoms with E-state index < -0.39 is 17.7 Å². The summed E-state index contributed by atoms with van der Waals surface area (Å²) in [5, 5.41) is 24.7. The van der Waals surface area contributed by atoms with Gasteiger partial charge in [0.2, 0.25) is 0 Å². The molecule has 4 aromatic heterocycles. The Morgan fingerprint density at radius 3 is 2.78 bits per heavy atom. The summed E-state index contributed by atoms with van der Waals surface area (Å²) in [7, 11) is 0. The van der Waals surface area contributed by atoms with Gasteiger partial charge in [-0.2, -0.15) is 10.2 Å². The molecule has 1 saturated heterocycles. The number of pyridine rings is 1. The van der Waals surface area contributed by atoms with E-state index in [-0.39, 0.29) is 18.2 Å². The van der Waals surface area contributed by atoms with Crippen molar-refractivity contribution < 1.29 is 19.0 Å². The van der Waals surface area contributed by atoms with Gasteiger partial charge in [-0.05, 0) is 19.9 Å². The van der Waals surface area contributed by atoms with Gasteiger partial charge in [-0.15, -0.1) is 0 Å². The molecule has 11 nitrogen and oxygen atoms in total. The fraction of sp³-hybridized carbons (Fsp3) is 0.348. The Bertz CT molecular complexity index is 1410. The fourth-order valence-corrected chi connectivity index (χ4v) is 3.72. The van der Waals surface area contributed by atoms with Crippen LogP contribution in [0.15, 0.2) is 43.2 Å². The van der Waals surface area contributed by atoms with Crippen LogP contribution in [0.3, 0.4) is 0 Å². The Morgan fingerprint density at radius 1 is 1.25 bits per heavy atom. The third-order valence-electron chi connectivity index (χ3n) is 5.83. The third-order valence-corrected chi connectivity index (χ3v) is 6.03. The Morgan fingerprint density at radius 2 is 2.06 bits per heavy atom. The molecule has 188 valence electrons. The number of amides is 1. The predicted octanol–water partition coefficient (Wildman–Crippen LogP) is 2.79. The third kappa shape index (κ3) is 4.87. The first-order valence-electron chi connectivity index (χ1n) is 11.2. The second kappa shape index (κ2) is 9.45. The lowest BCUT2D eigenvalue weighted by Gasteiger charge is -2.25. The molecule has 3 N–H and O–H groups in total. The van der Waals surface area contributed by atoms with Crippen molar-refractivity contribution in [3.05, 3.63) is 53.8 Å². The summed E-state index contributed by atoms with van der Waals surface area (Å²) >= 11 is 6.01. The van der Waals surface area contributed by atoms with E-state index in [0.717, 1.165) is 0 Å². The number of aliphatic hydroxyl groups is 1. The number of nitrogens with one attached hydrogen (secondary N) is 2. The van der Waals surface area contributed by atoms with Crippen LogP contribution < -0.4 is 10.6 Å². The van der Waals surface area contributed by atoms with Gasteiger partial charge in [0.05, 0.1) is 83.2 Å². The SMILES string of the molecule is CC(C)(O)C(F)CNC(=O)c1cnc(-c2cnn3cc(Cl)cnc23)cc1Nc1cnn(C2COC2)c1. The topological polar surface area (TPSA) is 131 Å². The standard InChI is InChI=1S/C23H24ClFN8O3/c1-23(2,35)20(25)8-28-22(34)17-6-26-18(16-7-30-33-9-13(24)4-27-21(16)33)3-19(17)31-14-5-29-32(10-14)15-11-36-12-15/h3-7,9-10,15,20,35H,8,11-12H2,1-2H3,(H,26,31)(H,28,34). The van der Waals surface area contributed by atoms with Crippen LogP contribution in [-0.4, -0.2) is 71.9 Å². The zero-order valence-electron chi connectivity index (χ0n) is 19.5. The van der Waals surface area contributed by atoms with Crippen LogP contribution >= 0.6 is 11.6 Å². The highest BCUT2D eigenvalue weighted by Crippen LogP contribution is 2.29. The van der Waals surface area contributed by atoms with Crippen molar-refractivity contribution in [1.29, 1.82) is 0 Å². The summed E-state index contributed by atoms with van der Waals surface area (Å²) in [5.74, 6) is -0.548. The Hall–Kier alpha value is -3.61. The lowest BCUT2D eigenvalue weighted by Crippen LogP contribution is -2.42. The number of hydrogen-bond acceptors (Lipinski definition) is 8. The minimum atomic E-state index is -1.65. The van der Waals surface area contributed by atoms with Gasteiger partial charge in [-0.25, -0.2) is 13.9 Å². The van der Waals surface area contributed by atoms with E-state index in [1.165, 1.54) is 30.8 Å². The van der Waals surface area contributed by atoms with Crippen LogP contribution in [0.25, 0.3) is 16.9 Å². The summed E-state index contributed by atoms with van der Waals surface area (Å²) in [6, 6.07) is 1.85. The average Bonchev–Trinajstić information content (AvgIpc) is 3.42. The maximum absolute atomic E-state index is 14.2. The molecular formula is C23H24ClFN8O3. The van der Waals surface area contributed by atoms with Crippen molar-refractivity contribution >= 4 is 34.5 Å². The lowest BCUT2D eigenvalue weighted by atomic mass is 10.0. The quantitative estimate of drug-likeness (QED) is 0.327. The molecule has 0 bridgehead atoms. The summed E-state index contributed by atoms with van der Waals surface area (Å²) in [6.07, 6.45) is 7.96. The van der Waals surface area contributed by atoms with Crippen molar-refractivity contribution in [2.45, 2.75) is 31.7 Å². The minimum Gasteiger partial charge on any atom is -0.387 e. The first-order chi connectivity index (χ1) is 17.2. The van der Waals surface area contributed by atoms with Gasteiger partial charge < -0.3 is 20.5 Å². The molecule has 4 aromatic rings. The van der Waals surface area contributed by atoms with Crippen LogP contribution in [0.1, 0.15) is 30.2 Å². The number of anilines is 2. The molecule has 0 aliphatic carbocycles. The first-order valence-corrected chi connectivity index (χ1v) is 11.6. The molecule has 0 spiro atoms. The molecule has 1 aliphatic rings. The monoisotopic (exact) mass is 514 g/mol. The second-order valence-electron chi connectivity index (χ2n) is 9.07. The number of aromatic nitrogens is 6. The minimum absolute atomic E-state index is 0.163. The normalized spacial score (nSPS) is 15.0. The van der Waals surface area contributed by atoms with Gasteiger partial charge in [0.15, 0.2) is 5.65 Å². The second-order valence-corrected chi connectivity index (χ2v) is 9.51. The van der Waals surface area contributed by atoms with Gasteiger partial charge >= 0.3 is 0 Å². The molecule has 1 atom stereocenters. The first kappa shape index (κ1) is 24.1. The summed E-state index contributed by atoms with van der Waals surface area (Å²) < 4.78 is 22.8. The Labute approximate surface area is 210 Å². The largest absolute Gasteiger partial charge is 0.387 e. The van der Waals surface area contributed by atoms with Crippen molar-refractivity contribution in [2.24, 2.45) is 0 Å². The molecule has 13 heteroatoms. The Balaban J connectivity index is 1.47. The summed E-state index contributed by atoms with van der Waals surface area (Å²) in [4.78, 5) is 21.8. The number of rotatable bonds is 8. The van der Waals surface area contributed by atoms with Crippen molar-refractivity contribution in [1.82, 2.24) is 34.7 Å². The van der Waals surface area contributed by atoms with Crippen molar-refractivity contribution in [3.8, 4) is 11.3 Å². The van der Waals surface area contributed by atoms with Crippen LogP contribution in [-0.2, 0) is 4.74 Å². The van der Waals surface area contributed by atoms with Gasteiger partial charge in [-0.1, -0.05) is 11.6 Å². The van der Waals surface area contributed by atoms with Crippen LogP contribution in [0.2, 0.25) is 5.02 Å². The smallest absolute Gasteiger partial charge is 0.255 e. The van der Waals surface area contributed by atoms with E-state index in [4.69, 9.17) is 16.3 Å². The molecule has 0 saturated carbocycles. The molecule has 5 rings (SSSR count). The molecule has 0 aromatic carbocycles. The van der Waals surface area contributed by atoms with Crippen LogP contribution in [0.5, 0.6) is 0 Å². The number of carbonyl (C=O) groups excluding carboxylic acids is 1. The number of fused-ring (bicyclic) bond motifs is 1. The average molecular weight is 515 g/mol. The van der Waals surface area contributed by atoms with Gasteiger partial charge in [0, 0.05) is 18.6 Å². The Kier molecular flexibility index (Phi) is 6.33. The van der Waals surface area contributed by atoms with E-state index in [9.17, 15) is 14.3 Å². The van der Waals surface area contributed by atoms with E-state index >= 15 is 0 Å². The number of alkyl halides is 1. The summed E-state index contributed by atoms with van der Waals surface area (Å²) in [6.45, 7) is 3.50. The molecule has 0 radical (unpaired) electrons. The van der Waals surface area contributed by atoms with Crippen LogP contribution in [0.4, 0.5) is 15.8 Å². The molecule has 1 amide bonds. The highest BCUT2D eigenvalue weighted by molar-refractivity contribution is 6.30. The number of carbonyl (C=O) groups is 1. The zero-order chi connectivity index (χ0) is 25.4. The molecule has 1 fully saturated rings. The maximum atomic E-state index is 14.2. The number of nitrogens with zero attached hydrogens (tertiary/aromatic N) is 6. The predicted molar refractivity (Wildman–Crippen MR) is 130 cm³/mol. The molecule has 1 unspecified atom stereocenters. The number of ether oxygens (including phenoxy) is 1. The van der Waals surface area contributed by atoms with Crippen molar-refractivity contribution in [2.75, 3.05) is 25.1 Å². The van der Waals surface area contributed by atoms with E-state index in [2.05, 4.69) is 30.8 Å². The summed E-state index contributed by atoms with van der Waals surface area (Å²) in [5.41, 5.74) is 1.36. The molecular weight excluding hydrogens is 491 g/mol. The maximum Gasteiger partial charge on any atom is 0.255 e. The van der Waals surface area contributed by atoms with E-state index in [0.29, 0.717) is 46.5 Å². The highest BCUT2D eigenvalue weighted by atomic mass is 35.5. The zero-order valence-corrected chi connectivity index (χ0v) is 20.3.